The summed E-state index contributed by atoms with van der Waals surface area (Å²) in [4.78, 5) is 12.3. The summed E-state index contributed by atoms with van der Waals surface area (Å²) in [6.45, 7) is 5.55. The van der Waals surface area contributed by atoms with Gasteiger partial charge in [-0.15, -0.1) is 0 Å². The molecule has 1 unspecified atom stereocenters. The normalized spacial score (nSPS) is 12.2. The Morgan fingerprint density at radius 2 is 2.05 bits per heavy atom. The molecule has 1 atom stereocenters. The number of amides is 1. The standard InChI is InChI=1S/C15H16BrFN2O2/c1-7-4-10(9(3)21-7)8(2)19-15(20)11-5-14(18)13(17)6-12(11)16/h4-6,8H,18H2,1-3H3,(H,19,20). The van der Waals surface area contributed by atoms with Gasteiger partial charge >= 0.3 is 0 Å². The Labute approximate surface area is 130 Å². The largest absolute Gasteiger partial charge is 0.466 e. The van der Waals surface area contributed by atoms with Crippen molar-refractivity contribution in [3.05, 3.63) is 51.1 Å². The summed E-state index contributed by atoms with van der Waals surface area (Å²) in [5.41, 5.74) is 6.64. The second-order valence-electron chi connectivity index (χ2n) is 4.92. The Morgan fingerprint density at radius 1 is 1.38 bits per heavy atom. The first-order valence-electron chi connectivity index (χ1n) is 6.42. The molecule has 0 aliphatic rings. The van der Waals surface area contributed by atoms with Crippen molar-refractivity contribution in [2.45, 2.75) is 26.8 Å². The average molecular weight is 355 g/mol. The van der Waals surface area contributed by atoms with Crippen molar-refractivity contribution in [2.24, 2.45) is 0 Å². The molecule has 2 rings (SSSR count). The lowest BCUT2D eigenvalue weighted by atomic mass is 10.1. The number of rotatable bonds is 3. The van der Waals surface area contributed by atoms with E-state index < -0.39 is 5.82 Å². The third-order valence-electron chi connectivity index (χ3n) is 3.22. The minimum atomic E-state index is -0.562. The molecule has 3 N–H and O–H groups in total. The van der Waals surface area contributed by atoms with Crippen LogP contribution in [0.1, 0.15) is 40.4 Å². The first-order valence-corrected chi connectivity index (χ1v) is 7.21. The van der Waals surface area contributed by atoms with E-state index in [-0.39, 0.29) is 17.6 Å². The maximum absolute atomic E-state index is 13.3. The lowest BCUT2D eigenvalue weighted by molar-refractivity contribution is 0.0939. The van der Waals surface area contributed by atoms with Crippen molar-refractivity contribution in [1.29, 1.82) is 0 Å². The van der Waals surface area contributed by atoms with Crippen molar-refractivity contribution in [3.8, 4) is 0 Å². The van der Waals surface area contributed by atoms with Crippen LogP contribution in [0.3, 0.4) is 0 Å². The summed E-state index contributed by atoms with van der Waals surface area (Å²) < 4.78 is 19.1. The van der Waals surface area contributed by atoms with E-state index in [0.29, 0.717) is 10.0 Å². The highest BCUT2D eigenvalue weighted by Gasteiger charge is 2.18. The fourth-order valence-corrected chi connectivity index (χ4v) is 2.67. The van der Waals surface area contributed by atoms with Gasteiger partial charge in [-0.25, -0.2) is 4.39 Å². The summed E-state index contributed by atoms with van der Waals surface area (Å²) >= 11 is 3.17. The van der Waals surface area contributed by atoms with Crippen molar-refractivity contribution < 1.29 is 13.6 Å². The molecule has 0 radical (unpaired) electrons. The number of furan rings is 1. The van der Waals surface area contributed by atoms with Crippen LogP contribution in [0.25, 0.3) is 0 Å². The smallest absolute Gasteiger partial charge is 0.252 e. The molecule has 2 aromatic rings. The zero-order valence-electron chi connectivity index (χ0n) is 12.0. The van der Waals surface area contributed by atoms with Crippen LogP contribution in [0.5, 0.6) is 0 Å². The van der Waals surface area contributed by atoms with Crippen molar-refractivity contribution >= 4 is 27.5 Å². The third-order valence-corrected chi connectivity index (χ3v) is 3.88. The number of hydrogen-bond donors (Lipinski definition) is 2. The van der Waals surface area contributed by atoms with Crippen molar-refractivity contribution in [3.63, 3.8) is 0 Å². The van der Waals surface area contributed by atoms with E-state index in [1.807, 2.05) is 26.8 Å². The number of halogens is 2. The minimum absolute atomic E-state index is 0.0636. The van der Waals surface area contributed by atoms with E-state index in [1.54, 1.807) is 0 Å². The molecule has 0 saturated carbocycles. The Kier molecular flexibility index (Phi) is 4.37. The highest BCUT2D eigenvalue weighted by molar-refractivity contribution is 9.10. The number of nitrogen functional groups attached to an aromatic ring is 1. The predicted octanol–water partition coefficient (Wildman–Crippen LogP) is 3.87. The molecule has 112 valence electrons. The number of carbonyl (C=O) groups is 1. The molecule has 4 nitrogen and oxygen atoms in total. The maximum Gasteiger partial charge on any atom is 0.252 e. The summed E-state index contributed by atoms with van der Waals surface area (Å²) in [6.07, 6.45) is 0. The number of benzene rings is 1. The zero-order valence-corrected chi connectivity index (χ0v) is 13.5. The quantitative estimate of drug-likeness (QED) is 0.822. The van der Waals surface area contributed by atoms with Gasteiger partial charge in [0.1, 0.15) is 17.3 Å². The van der Waals surface area contributed by atoms with Gasteiger partial charge in [-0.1, -0.05) is 0 Å². The average Bonchev–Trinajstić information content (AvgIpc) is 2.72. The van der Waals surface area contributed by atoms with E-state index in [2.05, 4.69) is 21.2 Å². The molecule has 0 saturated heterocycles. The van der Waals surface area contributed by atoms with Crippen LogP contribution in [0, 0.1) is 19.7 Å². The molecule has 1 amide bonds. The highest BCUT2D eigenvalue weighted by Crippen LogP contribution is 2.25. The molecule has 0 fully saturated rings. The molecule has 0 aliphatic heterocycles. The Balaban J connectivity index is 2.22. The number of nitrogens with one attached hydrogen (secondary N) is 1. The molecule has 1 heterocycles. The van der Waals surface area contributed by atoms with Crippen LogP contribution in [-0.2, 0) is 0 Å². The van der Waals surface area contributed by atoms with Gasteiger partial charge in [0.2, 0.25) is 0 Å². The lowest BCUT2D eigenvalue weighted by Crippen LogP contribution is -2.27. The van der Waals surface area contributed by atoms with Crippen molar-refractivity contribution in [1.82, 2.24) is 5.32 Å². The monoisotopic (exact) mass is 354 g/mol. The maximum atomic E-state index is 13.3. The van der Waals surface area contributed by atoms with Gasteiger partial charge in [-0.05, 0) is 54.9 Å². The van der Waals surface area contributed by atoms with Gasteiger partial charge in [-0.2, -0.15) is 0 Å². The summed E-state index contributed by atoms with van der Waals surface area (Å²) in [7, 11) is 0. The molecule has 0 bridgehead atoms. The molecule has 0 aliphatic carbocycles. The van der Waals surface area contributed by atoms with Crippen LogP contribution < -0.4 is 11.1 Å². The second-order valence-corrected chi connectivity index (χ2v) is 5.77. The van der Waals surface area contributed by atoms with Gasteiger partial charge in [0.05, 0.1) is 17.3 Å². The summed E-state index contributed by atoms with van der Waals surface area (Å²) in [6, 6.07) is 4.15. The number of carbonyl (C=O) groups excluding carboxylic acids is 1. The van der Waals surface area contributed by atoms with Gasteiger partial charge in [0.25, 0.3) is 5.91 Å². The van der Waals surface area contributed by atoms with E-state index in [9.17, 15) is 9.18 Å². The Bertz CT molecular complexity index is 697. The van der Waals surface area contributed by atoms with Crippen molar-refractivity contribution in [2.75, 3.05) is 5.73 Å². The first kappa shape index (κ1) is 15.6. The van der Waals surface area contributed by atoms with Crippen LogP contribution in [-0.4, -0.2) is 5.91 Å². The van der Waals surface area contributed by atoms with Gasteiger partial charge in [0.15, 0.2) is 0 Å². The van der Waals surface area contributed by atoms with E-state index >= 15 is 0 Å². The van der Waals surface area contributed by atoms with Crippen LogP contribution >= 0.6 is 15.9 Å². The molecular formula is C15H16BrFN2O2. The predicted molar refractivity (Wildman–Crippen MR) is 82.6 cm³/mol. The van der Waals surface area contributed by atoms with Gasteiger partial charge in [0, 0.05) is 10.0 Å². The SMILES string of the molecule is Cc1cc(C(C)NC(=O)c2cc(N)c(F)cc2Br)c(C)o1. The highest BCUT2D eigenvalue weighted by atomic mass is 79.9. The zero-order chi connectivity index (χ0) is 15.7. The summed E-state index contributed by atoms with van der Waals surface area (Å²) in [5.74, 6) is 0.654. The lowest BCUT2D eigenvalue weighted by Gasteiger charge is -2.14. The third kappa shape index (κ3) is 3.26. The molecule has 6 heteroatoms. The van der Waals surface area contributed by atoms with Crippen LogP contribution in [0.15, 0.2) is 27.1 Å². The molecule has 1 aromatic heterocycles. The second kappa shape index (κ2) is 5.89. The first-order chi connectivity index (χ1) is 9.79. The Hall–Kier alpha value is -1.82. The van der Waals surface area contributed by atoms with E-state index in [0.717, 1.165) is 17.1 Å². The molecule has 21 heavy (non-hydrogen) atoms. The number of anilines is 1. The van der Waals surface area contributed by atoms with E-state index in [4.69, 9.17) is 10.2 Å². The summed E-state index contributed by atoms with van der Waals surface area (Å²) in [5, 5.41) is 2.85. The van der Waals surface area contributed by atoms with E-state index in [1.165, 1.54) is 12.1 Å². The van der Waals surface area contributed by atoms with Gasteiger partial charge < -0.3 is 15.5 Å². The number of hydrogen-bond acceptors (Lipinski definition) is 3. The topological polar surface area (TPSA) is 68.3 Å². The van der Waals surface area contributed by atoms with Crippen LogP contribution in [0.4, 0.5) is 10.1 Å². The molecular weight excluding hydrogens is 339 g/mol. The fraction of sp³-hybridized carbons (Fsp3) is 0.267. The Morgan fingerprint density at radius 3 is 2.62 bits per heavy atom. The molecule has 0 spiro atoms. The van der Waals surface area contributed by atoms with Gasteiger partial charge in [-0.3, -0.25) is 4.79 Å². The fourth-order valence-electron chi connectivity index (χ4n) is 2.17. The van der Waals surface area contributed by atoms with Crippen LogP contribution in [0.2, 0.25) is 0 Å². The minimum Gasteiger partial charge on any atom is -0.466 e. The number of aryl methyl sites for hydroxylation is 2. The number of nitrogens with two attached hydrogens (primary N) is 1. The molecule has 1 aromatic carbocycles.